The van der Waals surface area contributed by atoms with E-state index in [-0.39, 0.29) is 30.3 Å². The van der Waals surface area contributed by atoms with E-state index in [1.54, 1.807) is 0 Å². The van der Waals surface area contributed by atoms with Gasteiger partial charge in [0.15, 0.2) is 0 Å². The minimum Gasteiger partial charge on any atom is -0.349 e. The van der Waals surface area contributed by atoms with Crippen molar-refractivity contribution >= 4 is 29.9 Å². The molecule has 3 atom stereocenters. The predicted molar refractivity (Wildman–Crippen MR) is 97.1 cm³/mol. The lowest BCUT2D eigenvalue weighted by Gasteiger charge is -2.36. The standard InChI is InChI=1S/C18H25ClN2O.ClH/c1-12-11-15(9-10-20-12)18(22)21-17(13-3-2-4-13)14-5-7-16(19)8-6-14;/h5-8,12-13,15,17,20H,2-4,9-11H2,1H3,(H,21,22);1H/t12-,15-,17?;/m0./s1. The van der Waals surface area contributed by atoms with Crippen LogP contribution in [-0.4, -0.2) is 18.5 Å². The Balaban J connectivity index is 0.00000192. The SMILES string of the molecule is C[C@H]1C[C@@H](C(=O)NC(c2ccc(Cl)cc2)C2CCC2)CCN1.Cl. The van der Waals surface area contributed by atoms with Crippen LogP contribution >= 0.6 is 24.0 Å². The summed E-state index contributed by atoms with van der Waals surface area (Å²) in [5.41, 5.74) is 1.18. The van der Waals surface area contributed by atoms with Crippen LogP contribution in [0.1, 0.15) is 50.6 Å². The van der Waals surface area contributed by atoms with Crippen LogP contribution in [0.15, 0.2) is 24.3 Å². The van der Waals surface area contributed by atoms with Gasteiger partial charge in [0.05, 0.1) is 6.04 Å². The second kappa shape index (κ2) is 8.36. The Hall–Kier alpha value is -0.770. The zero-order valence-electron chi connectivity index (χ0n) is 13.6. The van der Waals surface area contributed by atoms with Gasteiger partial charge in [-0.15, -0.1) is 12.4 Å². The third kappa shape index (κ3) is 4.62. The van der Waals surface area contributed by atoms with Crippen LogP contribution in [0.2, 0.25) is 5.02 Å². The Kier molecular flexibility index (Phi) is 6.75. The molecular formula is C18H26Cl2N2O. The van der Waals surface area contributed by atoms with Crippen molar-refractivity contribution in [3.63, 3.8) is 0 Å². The summed E-state index contributed by atoms with van der Waals surface area (Å²) < 4.78 is 0. The van der Waals surface area contributed by atoms with E-state index in [0.717, 1.165) is 24.4 Å². The first-order chi connectivity index (χ1) is 10.6. The van der Waals surface area contributed by atoms with Gasteiger partial charge in [0.25, 0.3) is 0 Å². The van der Waals surface area contributed by atoms with Crippen LogP contribution in [0.3, 0.4) is 0 Å². The van der Waals surface area contributed by atoms with Gasteiger partial charge in [-0.2, -0.15) is 0 Å². The van der Waals surface area contributed by atoms with Crippen molar-refractivity contribution in [2.45, 2.75) is 51.1 Å². The minimum atomic E-state index is 0. The minimum absolute atomic E-state index is 0. The Morgan fingerprint density at radius 3 is 2.52 bits per heavy atom. The van der Waals surface area contributed by atoms with Crippen LogP contribution in [-0.2, 0) is 4.79 Å². The predicted octanol–water partition coefficient (Wildman–Crippen LogP) is 4.11. The topological polar surface area (TPSA) is 41.1 Å². The third-order valence-corrected chi connectivity index (χ3v) is 5.39. The van der Waals surface area contributed by atoms with Crippen molar-refractivity contribution in [2.24, 2.45) is 11.8 Å². The molecular weight excluding hydrogens is 331 g/mol. The lowest BCUT2D eigenvalue weighted by Crippen LogP contribution is -2.45. The molecule has 2 fully saturated rings. The molecule has 1 heterocycles. The highest BCUT2D eigenvalue weighted by Crippen LogP contribution is 2.38. The van der Waals surface area contributed by atoms with Crippen LogP contribution < -0.4 is 10.6 Å². The Morgan fingerprint density at radius 1 is 1.26 bits per heavy atom. The Morgan fingerprint density at radius 2 is 1.96 bits per heavy atom. The number of carbonyl (C=O) groups excluding carboxylic acids is 1. The number of hydrogen-bond acceptors (Lipinski definition) is 2. The van der Waals surface area contributed by atoms with Crippen molar-refractivity contribution in [1.29, 1.82) is 0 Å². The first kappa shape index (κ1) is 18.6. The van der Waals surface area contributed by atoms with Crippen LogP contribution in [0, 0.1) is 11.8 Å². The maximum absolute atomic E-state index is 12.7. The van der Waals surface area contributed by atoms with E-state index in [1.165, 1.54) is 24.8 Å². The van der Waals surface area contributed by atoms with Gasteiger partial charge in [0.2, 0.25) is 5.91 Å². The second-order valence-corrected chi connectivity index (χ2v) is 7.24. The van der Waals surface area contributed by atoms with E-state index >= 15 is 0 Å². The molecule has 1 aliphatic heterocycles. The number of benzene rings is 1. The molecule has 0 spiro atoms. The summed E-state index contributed by atoms with van der Waals surface area (Å²) in [6, 6.07) is 8.52. The van der Waals surface area contributed by atoms with Crippen molar-refractivity contribution in [1.82, 2.24) is 10.6 Å². The summed E-state index contributed by atoms with van der Waals surface area (Å²) in [4.78, 5) is 12.7. The number of halogens is 2. The van der Waals surface area contributed by atoms with Gasteiger partial charge in [-0.25, -0.2) is 0 Å². The highest BCUT2D eigenvalue weighted by atomic mass is 35.5. The molecule has 1 aromatic rings. The molecule has 3 nitrogen and oxygen atoms in total. The largest absolute Gasteiger partial charge is 0.349 e. The molecule has 0 aromatic heterocycles. The fourth-order valence-electron chi connectivity index (χ4n) is 3.56. The van der Waals surface area contributed by atoms with Crippen molar-refractivity contribution < 1.29 is 4.79 Å². The average Bonchev–Trinajstić information content (AvgIpc) is 2.45. The fraction of sp³-hybridized carbons (Fsp3) is 0.611. The molecule has 0 bridgehead atoms. The zero-order chi connectivity index (χ0) is 15.5. The molecule has 1 amide bonds. The highest BCUT2D eigenvalue weighted by Gasteiger charge is 2.32. The summed E-state index contributed by atoms with van der Waals surface area (Å²) in [6.45, 7) is 3.09. The second-order valence-electron chi connectivity index (χ2n) is 6.81. The summed E-state index contributed by atoms with van der Waals surface area (Å²) in [7, 11) is 0. The van der Waals surface area contributed by atoms with Crippen molar-refractivity contribution in [3.05, 3.63) is 34.9 Å². The molecule has 1 saturated carbocycles. The van der Waals surface area contributed by atoms with Crippen molar-refractivity contribution in [2.75, 3.05) is 6.54 Å². The molecule has 128 valence electrons. The van der Waals surface area contributed by atoms with E-state index in [4.69, 9.17) is 11.6 Å². The normalized spacial score (nSPS) is 25.8. The summed E-state index contributed by atoms with van der Waals surface area (Å²) in [6.07, 6.45) is 5.55. The van der Waals surface area contributed by atoms with Crippen LogP contribution in [0.4, 0.5) is 0 Å². The Bertz CT molecular complexity index is 516. The maximum Gasteiger partial charge on any atom is 0.223 e. The molecule has 2 aliphatic rings. The molecule has 2 N–H and O–H groups in total. The summed E-state index contributed by atoms with van der Waals surface area (Å²) in [5.74, 6) is 0.940. The zero-order valence-corrected chi connectivity index (χ0v) is 15.1. The van der Waals surface area contributed by atoms with Gasteiger partial charge in [-0.3, -0.25) is 4.79 Å². The monoisotopic (exact) mass is 356 g/mol. The average molecular weight is 357 g/mol. The maximum atomic E-state index is 12.7. The first-order valence-corrected chi connectivity index (χ1v) is 8.80. The lowest BCUT2D eigenvalue weighted by molar-refractivity contribution is -0.127. The van der Waals surface area contributed by atoms with E-state index in [2.05, 4.69) is 29.7 Å². The van der Waals surface area contributed by atoms with Gasteiger partial charge in [0.1, 0.15) is 0 Å². The first-order valence-electron chi connectivity index (χ1n) is 8.42. The van der Waals surface area contributed by atoms with Gasteiger partial charge in [-0.05, 0) is 62.8 Å². The summed E-state index contributed by atoms with van der Waals surface area (Å²) >= 11 is 5.99. The summed E-state index contributed by atoms with van der Waals surface area (Å²) in [5, 5.41) is 7.49. The third-order valence-electron chi connectivity index (χ3n) is 5.14. The molecule has 1 saturated heterocycles. The number of piperidine rings is 1. The number of carbonyl (C=O) groups is 1. The number of amides is 1. The fourth-order valence-corrected chi connectivity index (χ4v) is 3.68. The van der Waals surface area contributed by atoms with Crippen LogP contribution in [0.5, 0.6) is 0 Å². The van der Waals surface area contributed by atoms with E-state index < -0.39 is 0 Å². The van der Waals surface area contributed by atoms with Crippen LogP contribution in [0.25, 0.3) is 0 Å². The number of nitrogens with one attached hydrogen (secondary N) is 2. The van der Waals surface area contributed by atoms with Gasteiger partial charge >= 0.3 is 0 Å². The van der Waals surface area contributed by atoms with Crippen molar-refractivity contribution in [3.8, 4) is 0 Å². The smallest absolute Gasteiger partial charge is 0.223 e. The number of hydrogen-bond donors (Lipinski definition) is 2. The van der Waals surface area contributed by atoms with Gasteiger partial charge < -0.3 is 10.6 Å². The highest BCUT2D eigenvalue weighted by molar-refractivity contribution is 6.30. The van der Waals surface area contributed by atoms with E-state index in [9.17, 15) is 4.79 Å². The van der Waals surface area contributed by atoms with Gasteiger partial charge in [0, 0.05) is 17.0 Å². The molecule has 1 unspecified atom stereocenters. The molecule has 0 radical (unpaired) electrons. The number of rotatable bonds is 4. The molecule has 1 aromatic carbocycles. The molecule has 23 heavy (non-hydrogen) atoms. The quantitative estimate of drug-likeness (QED) is 0.852. The molecule has 3 rings (SSSR count). The van der Waals surface area contributed by atoms with Gasteiger partial charge in [-0.1, -0.05) is 30.2 Å². The lowest BCUT2D eigenvalue weighted by atomic mass is 9.77. The van der Waals surface area contributed by atoms with E-state index in [0.29, 0.717) is 12.0 Å². The Labute approximate surface area is 150 Å². The molecule has 1 aliphatic carbocycles. The molecule has 5 heteroatoms. The van der Waals surface area contributed by atoms with E-state index in [1.807, 2.05) is 12.1 Å².